The van der Waals surface area contributed by atoms with Gasteiger partial charge in [-0.2, -0.15) is 0 Å². The third-order valence-electron chi connectivity index (χ3n) is 3.55. The maximum atomic E-state index is 12.2. The molecular weight excluding hydrogens is 388 g/mol. The zero-order valence-corrected chi connectivity index (χ0v) is 19.8. The molecule has 0 bridgehead atoms. The van der Waals surface area contributed by atoms with Crippen LogP contribution in [0.15, 0.2) is 23.1 Å². The van der Waals surface area contributed by atoms with Crippen LogP contribution < -0.4 is 0 Å². The Labute approximate surface area is 165 Å². The molecule has 0 aliphatic carbocycles. The van der Waals surface area contributed by atoms with Crippen molar-refractivity contribution in [2.75, 3.05) is 47.8 Å². The molecule has 0 amide bonds. The quantitative estimate of drug-likeness (QED) is 0.122. The number of rotatable bonds is 16. The van der Waals surface area contributed by atoms with Gasteiger partial charge in [0.15, 0.2) is 5.38 Å². The first-order chi connectivity index (χ1) is 12.9. The molecule has 0 heterocycles. The fourth-order valence-electron chi connectivity index (χ4n) is 2.20. The molecule has 27 heavy (non-hydrogen) atoms. The largest absolute Gasteiger partial charge is 0.500 e. The lowest BCUT2D eigenvalue weighted by molar-refractivity contribution is -0.138. The van der Waals surface area contributed by atoms with Crippen LogP contribution in [0.25, 0.3) is 0 Å². The fraction of sp³-hybridized carbons (Fsp3) is 0.706. The van der Waals surface area contributed by atoms with Crippen molar-refractivity contribution in [2.24, 2.45) is 0 Å². The predicted molar refractivity (Wildman–Crippen MR) is 107 cm³/mol. The number of carbonyl (C=O) groups is 1. The highest BCUT2D eigenvalue weighted by Crippen LogP contribution is 2.16. The summed E-state index contributed by atoms with van der Waals surface area (Å²) < 4.78 is 37.9. The summed E-state index contributed by atoms with van der Waals surface area (Å²) in [6, 6.07) is 0.552. The smallest absolute Gasteiger partial charge is 0.496 e. The minimum absolute atomic E-state index is 0.231. The first-order valence-electron chi connectivity index (χ1n) is 9.05. The van der Waals surface area contributed by atoms with E-state index in [1.165, 1.54) is 0 Å². The van der Waals surface area contributed by atoms with E-state index in [1.807, 2.05) is 20.8 Å². The number of ether oxygens (including phenoxy) is 4. The van der Waals surface area contributed by atoms with Crippen LogP contribution in [0.5, 0.6) is 0 Å². The number of hydrogen-bond donors (Lipinski definition) is 0. The molecule has 0 aromatic carbocycles. The maximum Gasteiger partial charge on any atom is 0.500 e. The normalized spacial score (nSPS) is 11.3. The first-order valence-corrected chi connectivity index (χ1v) is 12.4. The molecule has 8 nitrogen and oxygen atoms in total. The van der Waals surface area contributed by atoms with Crippen LogP contribution in [0.3, 0.4) is 0 Å². The summed E-state index contributed by atoms with van der Waals surface area (Å²) in [4.78, 5) is 12.2. The Morgan fingerprint density at radius 2 is 1.41 bits per heavy atom. The van der Waals surface area contributed by atoms with Gasteiger partial charge in [-0.15, -0.1) is 0 Å². The topological polar surface area (TPSA) is 81.7 Å². The van der Waals surface area contributed by atoms with Gasteiger partial charge in [-0.05, 0) is 27.2 Å². The van der Waals surface area contributed by atoms with Crippen molar-refractivity contribution in [1.82, 2.24) is 0 Å². The minimum atomic E-state index is -2.65. The van der Waals surface area contributed by atoms with E-state index >= 15 is 0 Å². The number of carbonyl (C=O) groups excluding carboxylic acids is 1. The van der Waals surface area contributed by atoms with E-state index in [-0.39, 0.29) is 6.61 Å². The summed E-state index contributed by atoms with van der Waals surface area (Å²) >= 11 is 0. The van der Waals surface area contributed by atoms with Gasteiger partial charge >= 0.3 is 20.7 Å². The SMILES string of the molecule is C=C([SiH2]C(OCC)=C(OCC)OCC)C(=O)OCCC[Si](OC)(OC)OC. The third kappa shape index (κ3) is 9.42. The molecule has 0 aromatic heterocycles. The highest BCUT2D eigenvalue weighted by Gasteiger charge is 2.37. The van der Waals surface area contributed by atoms with Crippen LogP contribution in [0.4, 0.5) is 0 Å². The second-order valence-electron chi connectivity index (χ2n) is 5.32. The zero-order chi connectivity index (χ0) is 20.7. The molecule has 0 rings (SSSR count). The Morgan fingerprint density at radius 3 is 1.85 bits per heavy atom. The molecule has 0 fully saturated rings. The summed E-state index contributed by atoms with van der Waals surface area (Å²) in [6.07, 6.45) is 0.569. The average Bonchev–Trinajstić information content (AvgIpc) is 2.68. The summed E-state index contributed by atoms with van der Waals surface area (Å²) in [5.41, 5.74) is 0. The first kappa shape index (κ1) is 25.7. The van der Waals surface area contributed by atoms with Gasteiger partial charge in [0.05, 0.1) is 26.4 Å². The Balaban J connectivity index is 4.69. The van der Waals surface area contributed by atoms with Crippen molar-refractivity contribution in [2.45, 2.75) is 33.2 Å². The summed E-state index contributed by atoms with van der Waals surface area (Å²) in [6.45, 7) is 11.0. The van der Waals surface area contributed by atoms with Crippen molar-refractivity contribution in [3.63, 3.8) is 0 Å². The third-order valence-corrected chi connectivity index (χ3v) is 7.91. The van der Waals surface area contributed by atoms with Crippen LogP contribution >= 0.6 is 0 Å². The van der Waals surface area contributed by atoms with Crippen molar-refractivity contribution >= 4 is 24.3 Å². The predicted octanol–water partition coefficient (Wildman–Crippen LogP) is 1.72. The molecule has 0 saturated carbocycles. The van der Waals surface area contributed by atoms with Crippen molar-refractivity contribution in [3.8, 4) is 0 Å². The van der Waals surface area contributed by atoms with Gasteiger partial charge in [0.1, 0.15) is 9.52 Å². The van der Waals surface area contributed by atoms with Crippen LogP contribution in [0.2, 0.25) is 6.04 Å². The molecule has 0 aromatic rings. The average molecular weight is 423 g/mol. The van der Waals surface area contributed by atoms with Crippen LogP contribution in [-0.2, 0) is 37.0 Å². The lowest BCUT2D eigenvalue weighted by atomic mass is 10.5. The molecular formula is C17H34O8Si2. The molecule has 0 saturated heterocycles. The van der Waals surface area contributed by atoms with E-state index in [9.17, 15) is 4.79 Å². The van der Waals surface area contributed by atoms with Crippen LogP contribution in [-0.4, -0.2) is 72.1 Å². The molecule has 0 N–H and O–H groups in total. The molecule has 0 atom stereocenters. The second-order valence-corrected chi connectivity index (χ2v) is 10.3. The molecule has 10 heteroatoms. The van der Waals surface area contributed by atoms with Gasteiger partial charge in [0.25, 0.3) is 0 Å². The minimum Gasteiger partial charge on any atom is -0.496 e. The van der Waals surface area contributed by atoms with E-state index in [0.717, 1.165) is 0 Å². The highest BCUT2D eigenvalue weighted by molar-refractivity contribution is 6.60. The Hall–Kier alpha value is -1.34. The Morgan fingerprint density at radius 1 is 0.889 bits per heavy atom. The van der Waals surface area contributed by atoms with E-state index in [2.05, 4.69) is 6.58 Å². The van der Waals surface area contributed by atoms with E-state index in [0.29, 0.717) is 48.8 Å². The molecule has 158 valence electrons. The molecule has 0 radical (unpaired) electrons. The second kappa shape index (κ2) is 14.7. The molecule has 0 aliphatic heterocycles. The molecule has 0 unspecified atom stereocenters. The van der Waals surface area contributed by atoms with Gasteiger partial charge in [-0.3, -0.25) is 0 Å². The van der Waals surface area contributed by atoms with Gasteiger partial charge in [0, 0.05) is 32.6 Å². The Kier molecular flexibility index (Phi) is 14.0. The van der Waals surface area contributed by atoms with Gasteiger partial charge in [-0.1, -0.05) is 6.58 Å². The molecule has 0 spiro atoms. The summed E-state index contributed by atoms with van der Waals surface area (Å²) in [5.74, 6) is -0.107. The summed E-state index contributed by atoms with van der Waals surface area (Å²) in [5, 5.41) is 0.955. The van der Waals surface area contributed by atoms with Crippen LogP contribution in [0, 0.1) is 0 Å². The van der Waals surface area contributed by atoms with Crippen molar-refractivity contribution in [1.29, 1.82) is 0 Å². The monoisotopic (exact) mass is 422 g/mol. The van der Waals surface area contributed by atoms with E-state index in [1.54, 1.807) is 21.3 Å². The maximum absolute atomic E-state index is 12.2. The van der Waals surface area contributed by atoms with Crippen LogP contribution in [0.1, 0.15) is 27.2 Å². The lowest BCUT2D eigenvalue weighted by Crippen LogP contribution is -2.42. The lowest BCUT2D eigenvalue weighted by Gasteiger charge is -2.24. The molecule has 0 aliphatic rings. The van der Waals surface area contributed by atoms with Gasteiger partial charge in [-0.25, -0.2) is 4.79 Å². The van der Waals surface area contributed by atoms with E-state index < -0.39 is 24.3 Å². The Bertz CT molecular complexity index is 461. The van der Waals surface area contributed by atoms with Gasteiger partial charge < -0.3 is 32.2 Å². The number of hydrogen-bond acceptors (Lipinski definition) is 8. The van der Waals surface area contributed by atoms with E-state index in [4.69, 9.17) is 32.2 Å². The van der Waals surface area contributed by atoms with Crippen molar-refractivity contribution < 1.29 is 37.0 Å². The van der Waals surface area contributed by atoms with Crippen molar-refractivity contribution in [3.05, 3.63) is 23.1 Å². The fourth-order valence-corrected chi connectivity index (χ4v) is 5.18. The summed E-state index contributed by atoms with van der Waals surface area (Å²) in [7, 11) is 0.700. The zero-order valence-electron chi connectivity index (χ0n) is 17.4. The van der Waals surface area contributed by atoms with Gasteiger partial charge in [0.2, 0.25) is 0 Å². The number of esters is 1. The highest BCUT2D eigenvalue weighted by atomic mass is 28.4. The standard InChI is InChI=1S/C17H34O8Si2/c1-8-22-16(23-9-2)17(24-10-3)26-14(4)15(18)25-12-11-13-27(19-5,20-6)21-7/h4,8-13,26H2,1-3,5-7H3.